The molecule has 1 fully saturated rings. The predicted octanol–water partition coefficient (Wildman–Crippen LogP) is 5.32. The summed E-state index contributed by atoms with van der Waals surface area (Å²) in [7, 11) is 0. The standard InChI is InChI=1S/C30H30ClN5O2/c1-3-5-28(24-7-11-26(31)12-8-24)34-22(2)33-27-13-9-25(10-14-27)30(38)36-18-16-35(17-19-36)29(37)20-23-6-4-15-32-21-23/h3-15,21H,1,16-20H2,2H3,(H,33,34)/b28-5-. The Hall–Kier alpha value is -4.23. The van der Waals surface area contributed by atoms with E-state index in [1.54, 1.807) is 35.5 Å². The third-order valence-corrected chi connectivity index (χ3v) is 6.41. The summed E-state index contributed by atoms with van der Waals surface area (Å²) < 4.78 is 0. The Balaban J connectivity index is 1.32. The van der Waals surface area contributed by atoms with Crippen LogP contribution in [0.5, 0.6) is 0 Å². The van der Waals surface area contributed by atoms with Gasteiger partial charge < -0.3 is 15.1 Å². The Labute approximate surface area is 228 Å². The van der Waals surface area contributed by atoms with Gasteiger partial charge in [-0.3, -0.25) is 14.6 Å². The van der Waals surface area contributed by atoms with Crippen LogP contribution in [-0.4, -0.2) is 58.6 Å². The third-order valence-electron chi connectivity index (χ3n) is 6.16. The second-order valence-electron chi connectivity index (χ2n) is 8.91. The van der Waals surface area contributed by atoms with Crippen LogP contribution in [0, 0.1) is 0 Å². The second kappa shape index (κ2) is 12.8. The molecule has 1 aromatic heterocycles. The first-order valence-corrected chi connectivity index (χ1v) is 12.8. The predicted molar refractivity (Wildman–Crippen MR) is 153 cm³/mol. The number of hydrogen-bond donors (Lipinski definition) is 1. The molecular weight excluding hydrogens is 498 g/mol. The minimum Gasteiger partial charge on any atom is -0.344 e. The molecule has 7 nitrogen and oxygen atoms in total. The first kappa shape index (κ1) is 26.8. The summed E-state index contributed by atoms with van der Waals surface area (Å²) >= 11 is 6.00. The molecule has 1 saturated heterocycles. The van der Waals surface area contributed by atoms with E-state index < -0.39 is 0 Å². The number of halogens is 1. The maximum atomic E-state index is 13.0. The van der Waals surface area contributed by atoms with Gasteiger partial charge in [0.25, 0.3) is 5.91 Å². The van der Waals surface area contributed by atoms with Crippen molar-refractivity contribution in [1.29, 1.82) is 0 Å². The highest BCUT2D eigenvalue weighted by atomic mass is 35.5. The van der Waals surface area contributed by atoms with Crippen LogP contribution in [0.1, 0.15) is 28.4 Å². The first-order valence-electron chi connectivity index (χ1n) is 12.4. The molecule has 2 aromatic carbocycles. The van der Waals surface area contributed by atoms with Gasteiger partial charge in [0.05, 0.1) is 12.1 Å². The average molecular weight is 528 g/mol. The van der Waals surface area contributed by atoms with E-state index in [-0.39, 0.29) is 11.8 Å². The molecule has 1 aliphatic rings. The number of nitrogens with zero attached hydrogens (tertiary/aromatic N) is 4. The minimum absolute atomic E-state index is 0.0414. The van der Waals surface area contributed by atoms with Gasteiger partial charge in [0, 0.05) is 60.4 Å². The second-order valence-corrected chi connectivity index (χ2v) is 9.34. The van der Waals surface area contributed by atoms with Crippen molar-refractivity contribution in [3.05, 3.63) is 114 Å². The normalized spacial score (nSPS) is 14.3. The monoisotopic (exact) mass is 527 g/mol. The van der Waals surface area contributed by atoms with Gasteiger partial charge in [0.2, 0.25) is 5.91 Å². The van der Waals surface area contributed by atoms with E-state index >= 15 is 0 Å². The molecule has 38 heavy (non-hydrogen) atoms. The Morgan fingerprint density at radius 2 is 1.66 bits per heavy atom. The molecule has 1 aliphatic heterocycles. The number of aromatic nitrogens is 1. The molecule has 4 rings (SSSR count). The van der Waals surface area contributed by atoms with Gasteiger partial charge in [0.1, 0.15) is 5.84 Å². The van der Waals surface area contributed by atoms with E-state index in [1.165, 1.54) is 0 Å². The van der Waals surface area contributed by atoms with E-state index in [1.807, 2.05) is 66.4 Å². The van der Waals surface area contributed by atoms with Crippen molar-refractivity contribution in [3.63, 3.8) is 0 Å². The number of anilines is 1. The van der Waals surface area contributed by atoms with Crippen molar-refractivity contribution >= 4 is 40.6 Å². The number of allylic oxidation sites excluding steroid dienone is 2. The smallest absolute Gasteiger partial charge is 0.253 e. The number of amidine groups is 1. The summed E-state index contributed by atoms with van der Waals surface area (Å²) in [6, 6.07) is 18.5. The quantitative estimate of drug-likeness (QED) is 0.256. The highest BCUT2D eigenvalue weighted by molar-refractivity contribution is 6.30. The summed E-state index contributed by atoms with van der Waals surface area (Å²) in [5, 5.41) is 3.93. The molecular formula is C30H30ClN5O2. The lowest BCUT2D eigenvalue weighted by molar-refractivity contribution is -0.131. The lowest BCUT2D eigenvalue weighted by atomic mass is 10.1. The Morgan fingerprint density at radius 3 is 2.29 bits per heavy atom. The summed E-state index contributed by atoms with van der Waals surface area (Å²) in [5.74, 6) is 0.708. The van der Waals surface area contributed by atoms with Crippen LogP contribution >= 0.6 is 11.6 Å². The van der Waals surface area contributed by atoms with Crippen LogP contribution < -0.4 is 5.32 Å². The van der Waals surface area contributed by atoms with Gasteiger partial charge >= 0.3 is 0 Å². The Morgan fingerprint density at radius 1 is 1.00 bits per heavy atom. The number of piperazine rings is 1. The SMILES string of the molecule is C=C/C=C(\N=C(C)Nc1ccc(C(=O)N2CCN(C(=O)Cc3cccnc3)CC2)cc1)c1ccc(Cl)cc1. The number of hydrogen-bond acceptors (Lipinski definition) is 4. The van der Waals surface area contributed by atoms with Crippen molar-refractivity contribution in [3.8, 4) is 0 Å². The molecule has 194 valence electrons. The van der Waals surface area contributed by atoms with E-state index in [2.05, 4.69) is 21.9 Å². The topological polar surface area (TPSA) is 77.9 Å². The molecule has 0 aliphatic carbocycles. The molecule has 8 heteroatoms. The average Bonchev–Trinajstić information content (AvgIpc) is 2.94. The molecule has 3 aromatic rings. The fourth-order valence-corrected chi connectivity index (χ4v) is 4.30. The van der Waals surface area contributed by atoms with Crippen LogP contribution in [0.4, 0.5) is 5.69 Å². The maximum Gasteiger partial charge on any atom is 0.253 e. The first-order chi connectivity index (χ1) is 18.4. The molecule has 0 spiro atoms. The van der Waals surface area contributed by atoms with Crippen molar-refractivity contribution in [2.24, 2.45) is 4.99 Å². The van der Waals surface area contributed by atoms with Crippen LogP contribution in [0.2, 0.25) is 5.02 Å². The minimum atomic E-state index is -0.0414. The number of aliphatic imine (C=N–C) groups is 1. The van der Waals surface area contributed by atoms with E-state index in [4.69, 9.17) is 11.6 Å². The van der Waals surface area contributed by atoms with Crippen LogP contribution in [0.25, 0.3) is 5.70 Å². The molecule has 2 heterocycles. The number of carbonyl (C=O) groups is 2. The Kier molecular flexibility index (Phi) is 9.06. The molecule has 0 saturated carbocycles. The van der Waals surface area contributed by atoms with Crippen LogP contribution in [0.15, 0.2) is 96.8 Å². The maximum absolute atomic E-state index is 13.0. The fraction of sp³-hybridized carbons (Fsp3) is 0.200. The number of benzene rings is 2. The molecule has 0 radical (unpaired) electrons. The zero-order valence-electron chi connectivity index (χ0n) is 21.3. The van der Waals surface area contributed by atoms with Crippen molar-refractivity contribution < 1.29 is 9.59 Å². The zero-order valence-corrected chi connectivity index (χ0v) is 22.1. The van der Waals surface area contributed by atoms with Gasteiger partial charge in [-0.05, 0) is 61.0 Å². The lowest BCUT2D eigenvalue weighted by Gasteiger charge is -2.35. The highest BCUT2D eigenvalue weighted by Crippen LogP contribution is 2.20. The van der Waals surface area contributed by atoms with E-state index in [0.717, 1.165) is 22.5 Å². The lowest BCUT2D eigenvalue weighted by Crippen LogP contribution is -2.51. The number of rotatable bonds is 7. The molecule has 1 N–H and O–H groups in total. The number of carbonyl (C=O) groups excluding carboxylic acids is 2. The van der Waals surface area contributed by atoms with Gasteiger partial charge in [-0.15, -0.1) is 0 Å². The molecule has 2 amide bonds. The van der Waals surface area contributed by atoms with Gasteiger partial charge in [0.15, 0.2) is 0 Å². The highest BCUT2D eigenvalue weighted by Gasteiger charge is 2.25. The largest absolute Gasteiger partial charge is 0.344 e. The van der Waals surface area contributed by atoms with Crippen LogP contribution in [-0.2, 0) is 11.2 Å². The number of nitrogens with one attached hydrogen (secondary N) is 1. The summed E-state index contributed by atoms with van der Waals surface area (Å²) in [4.78, 5) is 38.0. The van der Waals surface area contributed by atoms with Gasteiger partial charge in [-0.1, -0.05) is 42.5 Å². The zero-order chi connectivity index (χ0) is 26.9. The van der Waals surface area contributed by atoms with Gasteiger partial charge in [-0.25, -0.2) is 4.99 Å². The van der Waals surface area contributed by atoms with Crippen LogP contribution in [0.3, 0.4) is 0 Å². The van der Waals surface area contributed by atoms with E-state index in [9.17, 15) is 9.59 Å². The number of pyridine rings is 1. The van der Waals surface area contributed by atoms with E-state index in [0.29, 0.717) is 49.0 Å². The van der Waals surface area contributed by atoms with Gasteiger partial charge in [-0.2, -0.15) is 0 Å². The van der Waals surface area contributed by atoms with Crippen molar-refractivity contribution in [2.75, 3.05) is 31.5 Å². The summed E-state index contributed by atoms with van der Waals surface area (Å²) in [6.07, 6.45) is 7.25. The van der Waals surface area contributed by atoms with Crippen molar-refractivity contribution in [2.45, 2.75) is 13.3 Å². The molecule has 0 atom stereocenters. The molecule has 0 bridgehead atoms. The molecule has 0 unspecified atom stereocenters. The summed E-state index contributed by atoms with van der Waals surface area (Å²) in [5.41, 5.74) is 4.00. The number of amides is 2. The summed E-state index contributed by atoms with van der Waals surface area (Å²) in [6.45, 7) is 7.71. The third kappa shape index (κ3) is 7.17. The fourth-order valence-electron chi connectivity index (χ4n) is 4.17. The van der Waals surface area contributed by atoms with Crippen molar-refractivity contribution in [1.82, 2.24) is 14.8 Å². The Bertz CT molecular complexity index is 1330.